The van der Waals surface area contributed by atoms with Crippen molar-refractivity contribution in [2.24, 2.45) is 17.8 Å². The van der Waals surface area contributed by atoms with E-state index in [-0.39, 0.29) is 6.10 Å². The van der Waals surface area contributed by atoms with Crippen LogP contribution in [0.2, 0.25) is 0 Å². The fourth-order valence-electron chi connectivity index (χ4n) is 2.27. The largest absolute Gasteiger partial charge is 0.393 e. The van der Waals surface area contributed by atoms with Crippen LogP contribution in [0.25, 0.3) is 0 Å². The van der Waals surface area contributed by atoms with Crippen LogP contribution in [0.3, 0.4) is 0 Å². The average Bonchev–Trinajstić information content (AvgIpc) is 2.15. The average molecular weight is 228 g/mol. The number of aliphatic hydroxyl groups excluding tert-OH is 1. The van der Waals surface area contributed by atoms with Gasteiger partial charge in [-0.2, -0.15) is 0 Å². The molecule has 0 aromatic rings. The minimum absolute atomic E-state index is 0.0820. The SMILES string of the molecule is CC(C)CCCCCC(O)C(C)CC(C)C. The number of hydrogen-bond donors (Lipinski definition) is 1. The lowest BCUT2D eigenvalue weighted by atomic mass is 9.91. The van der Waals surface area contributed by atoms with Crippen LogP contribution >= 0.6 is 0 Å². The van der Waals surface area contributed by atoms with Gasteiger partial charge in [-0.25, -0.2) is 0 Å². The van der Waals surface area contributed by atoms with E-state index in [1.54, 1.807) is 0 Å². The second kappa shape index (κ2) is 9.04. The summed E-state index contributed by atoms with van der Waals surface area (Å²) in [6, 6.07) is 0. The van der Waals surface area contributed by atoms with Gasteiger partial charge in [-0.15, -0.1) is 0 Å². The molecule has 0 aliphatic rings. The third kappa shape index (κ3) is 9.21. The van der Waals surface area contributed by atoms with Gasteiger partial charge in [-0.1, -0.05) is 60.3 Å². The summed E-state index contributed by atoms with van der Waals surface area (Å²) < 4.78 is 0. The van der Waals surface area contributed by atoms with Crippen molar-refractivity contribution in [2.75, 3.05) is 0 Å². The molecule has 0 saturated carbocycles. The molecule has 1 heteroatoms. The monoisotopic (exact) mass is 228 g/mol. The minimum Gasteiger partial charge on any atom is -0.393 e. The van der Waals surface area contributed by atoms with Crippen LogP contribution in [-0.2, 0) is 0 Å². The molecule has 2 unspecified atom stereocenters. The van der Waals surface area contributed by atoms with Gasteiger partial charge in [-0.3, -0.25) is 0 Å². The summed E-state index contributed by atoms with van der Waals surface area (Å²) in [5.41, 5.74) is 0. The van der Waals surface area contributed by atoms with E-state index in [0.717, 1.165) is 18.8 Å². The van der Waals surface area contributed by atoms with E-state index in [1.807, 2.05) is 0 Å². The second-order valence-electron chi connectivity index (χ2n) is 6.21. The van der Waals surface area contributed by atoms with Crippen LogP contribution in [0.5, 0.6) is 0 Å². The standard InChI is InChI=1S/C15H32O/c1-12(2)9-7-6-8-10-15(16)14(5)11-13(3)4/h12-16H,6-11H2,1-5H3. The van der Waals surface area contributed by atoms with E-state index >= 15 is 0 Å². The molecule has 98 valence electrons. The third-order valence-corrected chi connectivity index (χ3v) is 3.28. The van der Waals surface area contributed by atoms with Gasteiger partial charge in [0.15, 0.2) is 0 Å². The Hall–Kier alpha value is -0.0400. The zero-order chi connectivity index (χ0) is 12.6. The highest BCUT2D eigenvalue weighted by molar-refractivity contribution is 4.66. The van der Waals surface area contributed by atoms with E-state index < -0.39 is 0 Å². The molecule has 0 amide bonds. The van der Waals surface area contributed by atoms with Crippen LogP contribution < -0.4 is 0 Å². The molecular formula is C15H32O. The van der Waals surface area contributed by atoms with Gasteiger partial charge in [0, 0.05) is 0 Å². The number of rotatable bonds is 9. The van der Waals surface area contributed by atoms with Crippen molar-refractivity contribution in [2.45, 2.75) is 79.2 Å². The lowest BCUT2D eigenvalue weighted by molar-refractivity contribution is 0.0933. The Bertz CT molecular complexity index is 152. The summed E-state index contributed by atoms with van der Waals surface area (Å²) in [6.45, 7) is 11.2. The Labute approximate surface area is 103 Å². The van der Waals surface area contributed by atoms with E-state index in [1.165, 1.54) is 25.7 Å². The van der Waals surface area contributed by atoms with Crippen LogP contribution in [0.4, 0.5) is 0 Å². The van der Waals surface area contributed by atoms with Crippen molar-refractivity contribution in [1.29, 1.82) is 0 Å². The van der Waals surface area contributed by atoms with Gasteiger partial charge in [0.05, 0.1) is 6.10 Å². The summed E-state index contributed by atoms with van der Waals surface area (Å²) >= 11 is 0. The van der Waals surface area contributed by atoms with Crippen LogP contribution in [0, 0.1) is 17.8 Å². The number of aliphatic hydroxyl groups is 1. The molecule has 0 rings (SSSR count). The molecule has 0 heterocycles. The Morgan fingerprint density at radius 2 is 1.31 bits per heavy atom. The lowest BCUT2D eigenvalue weighted by Crippen LogP contribution is -2.19. The molecular weight excluding hydrogens is 196 g/mol. The smallest absolute Gasteiger partial charge is 0.0565 e. The van der Waals surface area contributed by atoms with Gasteiger partial charge in [0.1, 0.15) is 0 Å². The molecule has 0 spiro atoms. The second-order valence-corrected chi connectivity index (χ2v) is 6.21. The highest BCUT2D eigenvalue weighted by atomic mass is 16.3. The maximum atomic E-state index is 9.98. The summed E-state index contributed by atoms with van der Waals surface area (Å²) in [6.07, 6.45) is 7.18. The minimum atomic E-state index is -0.0820. The topological polar surface area (TPSA) is 20.2 Å². The molecule has 0 aromatic carbocycles. The lowest BCUT2D eigenvalue weighted by Gasteiger charge is -2.20. The Kier molecular flexibility index (Phi) is 9.02. The zero-order valence-electron chi connectivity index (χ0n) is 12.0. The Balaban J connectivity index is 3.45. The summed E-state index contributed by atoms with van der Waals surface area (Å²) in [4.78, 5) is 0. The van der Waals surface area contributed by atoms with Crippen molar-refractivity contribution in [3.8, 4) is 0 Å². The molecule has 0 aliphatic heterocycles. The van der Waals surface area contributed by atoms with Crippen LogP contribution in [-0.4, -0.2) is 11.2 Å². The highest BCUT2D eigenvalue weighted by Crippen LogP contribution is 2.19. The fourth-order valence-corrected chi connectivity index (χ4v) is 2.27. The number of unbranched alkanes of at least 4 members (excludes halogenated alkanes) is 2. The van der Waals surface area contributed by atoms with Crippen LogP contribution in [0.1, 0.15) is 73.1 Å². The zero-order valence-corrected chi connectivity index (χ0v) is 12.0. The van der Waals surface area contributed by atoms with Crippen molar-refractivity contribution < 1.29 is 5.11 Å². The highest BCUT2D eigenvalue weighted by Gasteiger charge is 2.14. The molecule has 0 aliphatic carbocycles. The molecule has 0 bridgehead atoms. The maximum Gasteiger partial charge on any atom is 0.0565 e. The first kappa shape index (κ1) is 16.0. The third-order valence-electron chi connectivity index (χ3n) is 3.28. The normalized spacial score (nSPS) is 15.8. The molecule has 1 nitrogen and oxygen atoms in total. The summed E-state index contributed by atoms with van der Waals surface area (Å²) in [7, 11) is 0. The summed E-state index contributed by atoms with van der Waals surface area (Å²) in [5.74, 6) is 1.99. The van der Waals surface area contributed by atoms with Gasteiger partial charge in [-0.05, 0) is 30.6 Å². The first-order chi connectivity index (χ1) is 7.43. The van der Waals surface area contributed by atoms with Crippen molar-refractivity contribution >= 4 is 0 Å². The van der Waals surface area contributed by atoms with Crippen molar-refractivity contribution in [3.63, 3.8) is 0 Å². The van der Waals surface area contributed by atoms with Gasteiger partial charge in [0.25, 0.3) is 0 Å². The van der Waals surface area contributed by atoms with Crippen LogP contribution in [0.15, 0.2) is 0 Å². The first-order valence-electron chi connectivity index (χ1n) is 7.11. The molecule has 0 aromatic heterocycles. The fraction of sp³-hybridized carbons (Fsp3) is 1.00. The molecule has 1 N–H and O–H groups in total. The molecule has 16 heavy (non-hydrogen) atoms. The van der Waals surface area contributed by atoms with Gasteiger partial charge >= 0.3 is 0 Å². The quantitative estimate of drug-likeness (QED) is 0.570. The number of hydrogen-bond acceptors (Lipinski definition) is 1. The van der Waals surface area contributed by atoms with Gasteiger partial charge < -0.3 is 5.11 Å². The molecule has 0 fully saturated rings. The van der Waals surface area contributed by atoms with E-state index in [4.69, 9.17) is 0 Å². The first-order valence-corrected chi connectivity index (χ1v) is 7.11. The van der Waals surface area contributed by atoms with Crippen molar-refractivity contribution in [3.05, 3.63) is 0 Å². The predicted octanol–water partition coefficient (Wildman–Crippen LogP) is 4.64. The van der Waals surface area contributed by atoms with Crippen molar-refractivity contribution in [1.82, 2.24) is 0 Å². The Morgan fingerprint density at radius 1 is 0.750 bits per heavy atom. The van der Waals surface area contributed by atoms with E-state index in [2.05, 4.69) is 34.6 Å². The van der Waals surface area contributed by atoms with Gasteiger partial charge in [0.2, 0.25) is 0 Å². The molecule has 0 radical (unpaired) electrons. The molecule has 0 saturated heterocycles. The Morgan fingerprint density at radius 3 is 1.81 bits per heavy atom. The molecule has 2 atom stereocenters. The summed E-state index contributed by atoms with van der Waals surface area (Å²) in [5, 5.41) is 9.98. The van der Waals surface area contributed by atoms with E-state index in [0.29, 0.717) is 11.8 Å². The van der Waals surface area contributed by atoms with E-state index in [9.17, 15) is 5.11 Å². The maximum absolute atomic E-state index is 9.98. The predicted molar refractivity (Wildman–Crippen MR) is 72.5 cm³/mol.